The van der Waals surface area contributed by atoms with E-state index in [0.717, 1.165) is 12.8 Å². The highest BCUT2D eigenvalue weighted by molar-refractivity contribution is 5.80. The van der Waals surface area contributed by atoms with E-state index in [4.69, 9.17) is 5.73 Å². The smallest absolute Gasteiger partial charge is 0.224 e. The molecular weight excluding hydrogens is 206 g/mol. The van der Waals surface area contributed by atoms with E-state index in [1.54, 1.807) is 7.05 Å². The fourth-order valence-corrected chi connectivity index (χ4v) is 2.00. The van der Waals surface area contributed by atoms with Crippen LogP contribution in [0, 0.1) is 5.92 Å². The van der Waals surface area contributed by atoms with Crippen molar-refractivity contribution in [2.45, 2.75) is 32.2 Å². The topological polar surface area (TPSA) is 75.4 Å². The van der Waals surface area contributed by atoms with E-state index >= 15 is 0 Å². The van der Waals surface area contributed by atoms with Gasteiger partial charge >= 0.3 is 0 Å². The third-order valence-electron chi connectivity index (χ3n) is 2.96. The lowest BCUT2D eigenvalue weighted by atomic mass is 9.95. The molecule has 0 aromatic carbocycles. The first-order valence-electron chi connectivity index (χ1n) is 5.79. The van der Waals surface area contributed by atoms with Crippen LogP contribution in [-0.4, -0.2) is 42.9 Å². The van der Waals surface area contributed by atoms with Crippen molar-refractivity contribution in [3.63, 3.8) is 0 Å². The summed E-state index contributed by atoms with van der Waals surface area (Å²) in [6, 6.07) is -0.0934. The van der Waals surface area contributed by atoms with Crippen molar-refractivity contribution in [3.8, 4) is 0 Å². The lowest BCUT2D eigenvalue weighted by Gasteiger charge is -2.31. The monoisotopic (exact) mass is 227 g/mol. The second kappa shape index (κ2) is 5.84. The average Bonchev–Trinajstić information content (AvgIpc) is 2.27. The van der Waals surface area contributed by atoms with Crippen molar-refractivity contribution in [1.82, 2.24) is 10.2 Å². The van der Waals surface area contributed by atoms with E-state index in [-0.39, 0.29) is 23.8 Å². The molecule has 1 aliphatic heterocycles. The zero-order valence-corrected chi connectivity index (χ0v) is 10.0. The zero-order valence-electron chi connectivity index (χ0n) is 10.0. The number of rotatable bonds is 3. The molecule has 1 rings (SSSR count). The van der Waals surface area contributed by atoms with Crippen molar-refractivity contribution in [1.29, 1.82) is 0 Å². The van der Waals surface area contributed by atoms with Gasteiger partial charge in [-0.1, -0.05) is 0 Å². The number of piperidine rings is 1. The molecule has 1 fully saturated rings. The van der Waals surface area contributed by atoms with Gasteiger partial charge in [-0.15, -0.1) is 0 Å². The summed E-state index contributed by atoms with van der Waals surface area (Å²) in [5.41, 5.74) is 5.59. The minimum Gasteiger partial charge on any atom is -0.359 e. The molecule has 1 atom stereocenters. The molecule has 0 aromatic heterocycles. The van der Waals surface area contributed by atoms with Crippen LogP contribution in [0.1, 0.15) is 26.2 Å². The van der Waals surface area contributed by atoms with Gasteiger partial charge < -0.3 is 16.0 Å². The van der Waals surface area contributed by atoms with Crippen LogP contribution in [0.25, 0.3) is 0 Å². The first-order valence-corrected chi connectivity index (χ1v) is 5.79. The number of carbonyl (C=O) groups is 2. The van der Waals surface area contributed by atoms with Crippen LogP contribution in [0.3, 0.4) is 0 Å². The number of hydrogen-bond donors (Lipinski definition) is 2. The Morgan fingerprint density at radius 3 is 2.44 bits per heavy atom. The highest BCUT2D eigenvalue weighted by Crippen LogP contribution is 2.17. The van der Waals surface area contributed by atoms with Gasteiger partial charge in [0.25, 0.3) is 0 Å². The van der Waals surface area contributed by atoms with Crippen LogP contribution in [0.4, 0.5) is 0 Å². The van der Waals surface area contributed by atoms with Crippen LogP contribution >= 0.6 is 0 Å². The van der Waals surface area contributed by atoms with Gasteiger partial charge in [0.2, 0.25) is 11.8 Å². The molecule has 1 unspecified atom stereocenters. The van der Waals surface area contributed by atoms with Gasteiger partial charge in [-0.3, -0.25) is 9.59 Å². The Labute approximate surface area is 96.4 Å². The number of nitrogens with two attached hydrogens (primary N) is 1. The van der Waals surface area contributed by atoms with Crippen molar-refractivity contribution >= 4 is 11.8 Å². The lowest BCUT2D eigenvalue weighted by molar-refractivity contribution is -0.135. The largest absolute Gasteiger partial charge is 0.359 e. The second-order valence-corrected chi connectivity index (χ2v) is 4.45. The number of hydrogen-bond acceptors (Lipinski definition) is 3. The molecule has 0 aliphatic carbocycles. The van der Waals surface area contributed by atoms with Gasteiger partial charge in [-0.2, -0.15) is 0 Å². The Bertz CT molecular complexity index is 258. The highest BCUT2D eigenvalue weighted by Gasteiger charge is 2.26. The fraction of sp³-hybridized carbons (Fsp3) is 0.818. The second-order valence-electron chi connectivity index (χ2n) is 4.45. The third kappa shape index (κ3) is 3.48. The van der Waals surface area contributed by atoms with Crippen molar-refractivity contribution in [3.05, 3.63) is 0 Å². The minimum atomic E-state index is -0.0934. The predicted octanol–water partition coefficient (Wildman–Crippen LogP) is -0.292. The van der Waals surface area contributed by atoms with Gasteiger partial charge in [-0.05, 0) is 19.8 Å². The van der Waals surface area contributed by atoms with Crippen LogP contribution in [0.5, 0.6) is 0 Å². The molecule has 0 spiro atoms. The number of nitrogens with one attached hydrogen (secondary N) is 1. The number of amides is 2. The SMILES string of the molecule is CNC(=O)C1CCN(C(=O)CC(C)N)CC1. The van der Waals surface area contributed by atoms with E-state index in [0.29, 0.717) is 19.5 Å². The summed E-state index contributed by atoms with van der Waals surface area (Å²) in [5, 5.41) is 2.65. The lowest BCUT2D eigenvalue weighted by Crippen LogP contribution is -2.43. The maximum absolute atomic E-state index is 11.7. The van der Waals surface area contributed by atoms with Crippen molar-refractivity contribution < 1.29 is 9.59 Å². The number of likely N-dealkylation sites (tertiary alicyclic amines) is 1. The maximum atomic E-state index is 11.7. The third-order valence-corrected chi connectivity index (χ3v) is 2.96. The Balaban J connectivity index is 2.37. The number of carbonyl (C=O) groups excluding carboxylic acids is 2. The summed E-state index contributed by atoms with van der Waals surface area (Å²) >= 11 is 0. The summed E-state index contributed by atoms with van der Waals surface area (Å²) in [4.78, 5) is 24.9. The molecule has 1 saturated heterocycles. The summed E-state index contributed by atoms with van der Waals surface area (Å²) < 4.78 is 0. The summed E-state index contributed by atoms with van der Waals surface area (Å²) in [6.45, 7) is 3.17. The van der Waals surface area contributed by atoms with Crippen molar-refractivity contribution in [2.75, 3.05) is 20.1 Å². The fourth-order valence-electron chi connectivity index (χ4n) is 2.00. The van der Waals surface area contributed by atoms with Crippen LogP contribution < -0.4 is 11.1 Å². The quantitative estimate of drug-likeness (QED) is 0.695. The Morgan fingerprint density at radius 1 is 1.44 bits per heavy atom. The molecule has 0 radical (unpaired) electrons. The van der Waals surface area contributed by atoms with Crippen LogP contribution in [-0.2, 0) is 9.59 Å². The number of nitrogens with zero attached hydrogens (tertiary/aromatic N) is 1. The molecule has 2 amide bonds. The Hall–Kier alpha value is -1.10. The van der Waals surface area contributed by atoms with Gasteiger partial charge in [0.1, 0.15) is 0 Å². The standard InChI is InChI=1S/C11H21N3O2/c1-8(12)7-10(15)14-5-3-9(4-6-14)11(16)13-2/h8-9H,3-7,12H2,1-2H3,(H,13,16). The predicted molar refractivity (Wildman–Crippen MR) is 61.6 cm³/mol. The van der Waals surface area contributed by atoms with Crippen LogP contribution in [0.2, 0.25) is 0 Å². The Morgan fingerprint density at radius 2 is 2.00 bits per heavy atom. The maximum Gasteiger partial charge on any atom is 0.224 e. The highest BCUT2D eigenvalue weighted by atomic mass is 16.2. The van der Waals surface area contributed by atoms with E-state index < -0.39 is 0 Å². The Kier molecular flexibility index (Phi) is 4.73. The van der Waals surface area contributed by atoms with Crippen molar-refractivity contribution in [2.24, 2.45) is 11.7 Å². The van der Waals surface area contributed by atoms with E-state index in [2.05, 4.69) is 5.32 Å². The van der Waals surface area contributed by atoms with E-state index in [1.807, 2.05) is 11.8 Å². The van der Waals surface area contributed by atoms with E-state index in [9.17, 15) is 9.59 Å². The zero-order chi connectivity index (χ0) is 12.1. The molecule has 0 aromatic rings. The molecule has 1 heterocycles. The van der Waals surface area contributed by atoms with E-state index in [1.165, 1.54) is 0 Å². The molecular formula is C11H21N3O2. The summed E-state index contributed by atoms with van der Waals surface area (Å²) in [7, 11) is 1.65. The van der Waals surface area contributed by atoms with Gasteiger partial charge in [0.15, 0.2) is 0 Å². The van der Waals surface area contributed by atoms with Gasteiger partial charge in [-0.25, -0.2) is 0 Å². The molecule has 3 N–H and O–H groups in total. The summed E-state index contributed by atoms with van der Waals surface area (Å²) in [6.07, 6.45) is 1.90. The molecule has 16 heavy (non-hydrogen) atoms. The minimum absolute atomic E-state index is 0.0596. The molecule has 1 aliphatic rings. The van der Waals surface area contributed by atoms with Gasteiger partial charge in [0, 0.05) is 38.5 Å². The molecule has 0 bridgehead atoms. The molecule has 5 nitrogen and oxygen atoms in total. The first kappa shape index (κ1) is 13.0. The molecule has 92 valence electrons. The molecule has 0 saturated carbocycles. The van der Waals surface area contributed by atoms with Crippen LogP contribution in [0.15, 0.2) is 0 Å². The normalized spacial score (nSPS) is 19.3. The first-order chi connectivity index (χ1) is 7.54. The average molecular weight is 227 g/mol. The molecule has 5 heteroatoms. The van der Waals surface area contributed by atoms with Gasteiger partial charge in [0.05, 0.1) is 0 Å². The summed E-state index contributed by atoms with van der Waals surface area (Å²) in [5.74, 6) is 0.244.